The predicted molar refractivity (Wildman–Crippen MR) is 46.4 cm³/mol. The van der Waals surface area contributed by atoms with Crippen LogP contribution < -0.4 is 0 Å². The van der Waals surface area contributed by atoms with Crippen LogP contribution in [0.1, 0.15) is 13.8 Å². The maximum absolute atomic E-state index is 11.0. The van der Waals surface area contributed by atoms with E-state index in [1.165, 1.54) is 4.31 Å². The van der Waals surface area contributed by atoms with E-state index in [9.17, 15) is 8.42 Å². The Bertz CT molecular complexity index is 254. The summed E-state index contributed by atoms with van der Waals surface area (Å²) in [5.41, 5.74) is 0. The van der Waals surface area contributed by atoms with E-state index in [1.54, 1.807) is 6.92 Å². The maximum atomic E-state index is 11.0. The number of hydrogen-bond acceptors (Lipinski definition) is 3. The molecule has 0 unspecified atom stereocenters. The quantitative estimate of drug-likeness (QED) is 0.599. The van der Waals surface area contributed by atoms with Gasteiger partial charge in [-0.05, 0) is 13.8 Å². The topological polar surface area (TPSA) is 46.6 Å². The molecule has 0 aromatic heterocycles. The summed E-state index contributed by atoms with van der Waals surface area (Å²) >= 11 is 0. The van der Waals surface area contributed by atoms with Crippen LogP contribution >= 0.6 is 10.7 Å². The Balaban J connectivity index is 2.74. The molecule has 12 heavy (non-hydrogen) atoms. The molecular formula is C6H12ClNO3S. The predicted octanol–water partition coefficient (Wildman–Crippen LogP) is 0.579. The minimum absolute atomic E-state index is 0.0743. The van der Waals surface area contributed by atoms with Gasteiger partial charge in [0.25, 0.3) is 9.24 Å². The van der Waals surface area contributed by atoms with Crippen molar-refractivity contribution in [2.24, 2.45) is 0 Å². The second-order valence-electron chi connectivity index (χ2n) is 3.00. The molecule has 0 N–H and O–H groups in total. The van der Waals surface area contributed by atoms with Gasteiger partial charge in [-0.25, -0.2) is 0 Å². The Labute approximate surface area is 77.0 Å². The minimum Gasteiger partial charge on any atom is -0.375 e. The number of hydrogen-bond donors (Lipinski definition) is 0. The molecule has 1 aliphatic heterocycles. The first-order valence-corrected chi connectivity index (χ1v) is 6.01. The lowest BCUT2D eigenvalue weighted by Crippen LogP contribution is -2.48. The zero-order chi connectivity index (χ0) is 9.35. The van der Waals surface area contributed by atoms with Crippen LogP contribution in [0.5, 0.6) is 0 Å². The third-order valence-corrected chi connectivity index (χ3v) is 3.43. The van der Waals surface area contributed by atoms with Crippen molar-refractivity contribution >= 4 is 19.9 Å². The fraction of sp³-hybridized carbons (Fsp3) is 1.00. The molecule has 0 spiro atoms. The van der Waals surface area contributed by atoms with Crippen LogP contribution in [-0.2, 0) is 14.0 Å². The first kappa shape index (κ1) is 10.2. The van der Waals surface area contributed by atoms with Crippen LogP contribution in [0, 0.1) is 0 Å². The maximum Gasteiger partial charge on any atom is 0.300 e. The van der Waals surface area contributed by atoms with Crippen molar-refractivity contribution in [1.29, 1.82) is 0 Å². The molecule has 0 radical (unpaired) electrons. The van der Waals surface area contributed by atoms with Gasteiger partial charge in [0.05, 0.1) is 12.7 Å². The van der Waals surface area contributed by atoms with E-state index in [2.05, 4.69) is 0 Å². The van der Waals surface area contributed by atoms with Crippen LogP contribution in [0.3, 0.4) is 0 Å². The highest BCUT2D eigenvalue weighted by Gasteiger charge is 2.31. The second-order valence-corrected chi connectivity index (χ2v) is 5.47. The van der Waals surface area contributed by atoms with Gasteiger partial charge in [-0.2, -0.15) is 12.7 Å². The summed E-state index contributed by atoms with van der Waals surface area (Å²) in [6, 6.07) is -0.163. The average molecular weight is 214 g/mol. The Kier molecular flexibility index (Phi) is 2.98. The van der Waals surface area contributed by atoms with Crippen molar-refractivity contribution in [3.05, 3.63) is 0 Å². The summed E-state index contributed by atoms with van der Waals surface area (Å²) in [6.07, 6.45) is -0.0743. The first-order chi connectivity index (χ1) is 5.41. The van der Waals surface area contributed by atoms with E-state index in [1.807, 2.05) is 6.92 Å². The molecule has 4 nitrogen and oxygen atoms in total. The lowest BCUT2D eigenvalue weighted by atomic mass is 10.2. The standard InChI is InChI=1S/C6H12ClNO3S/c1-5-4-11-6(2)3-8(5)12(7,9)10/h5-6H,3-4H2,1-2H3/t5-,6+/m1/s1. The lowest BCUT2D eigenvalue weighted by Gasteiger charge is -2.33. The Morgan fingerprint density at radius 2 is 2.08 bits per heavy atom. The normalized spacial score (nSPS) is 33.6. The van der Waals surface area contributed by atoms with Gasteiger partial charge in [0.1, 0.15) is 0 Å². The van der Waals surface area contributed by atoms with Crippen molar-refractivity contribution < 1.29 is 13.2 Å². The molecule has 0 aromatic carbocycles. The third kappa shape index (κ3) is 2.32. The van der Waals surface area contributed by atoms with E-state index in [0.717, 1.165) is 0 Å². The van der Waals surface area contributed by atoms with Gasteiger partial charge >= 0.3 is 0 Å². The SMILES string of the molecule is C[C@@H]1CO[C@@H](C)CN1S(=O)(=O)Cl. The Hall–Kier alpha value is 0.160. The van der Waals surface area contributed by atoms with Gasteiger partial charge in [0.2, 0.25) is 0 Å². The highest BCUT2D eigenvalue weighted by atomic mass is 35.7. The van der Waals surface area contributed by atoms with Gasteiger partial charge in [0.15, 0.2) is 0 Å². The van der Waals surface area contributed by atoms with Crippen LogP contribution in [-0.4, -0.2) is 38.0 Å². The molecule has 6 heteroatoms. The summed E-state index contributed by atoms with van der Waals surface area (Å²) in [4.78, 5) is 0. The summed E-state index contributed by atoms with van der Waals surface area (Å²) < 4.78 is 28.5. The number of morpholine rings is 1. The largest absolute Gasteiger partial charge is 0.375 e. The smallest absolute Gasteiger partial charge is 0.300 e. The second kappa shape index (κ2) is 3.49. The molecule has 1 rings (SSSR count). The van der Waals surface area contributed by atoms with Crippen molar-refractivity contribution in [1.82, 2.24) is 4.31 Å². The van der Waals surface area contributed by atoms with Crippen LogP contribution in [0.25, 0.3) is 0 Å². The van der Waals surface area contributed by atoms with Crippen LogP contribution in [0.2, 0.25) is 0 Å². The van der Waals surface area contributed by atoms with Gasteiger partial charge < -0.3 is 4.74 Å². The van der Waals surface area contributed by atoms with E-state index >= 15 is 0 Å². The average Bonchev–Trinajstić information content (AvgIpc) is 1.92. The molecule has 1 heterocycles. The Morgan fingerprint density at radius 3 is 2.50 bits per heavy atom. The van der Waals surface area contributed by atoms with E-state index in [-0.39, 0.29) is 12.1 Å². The zero-order valence-electron chi connectivity index (χ0n) is 7.03. The van der Waals surface area contributed by atoms with E-state index in [0.29, 0.717) is 13.2 Å². The summed E-state index contributed by atoms with van der Waals surface area (Å²) in [7, 11) is 1.63. The molecule has 72 valence electrons. The zero-order valence-corrected chi connectivity index (χ0v) is 8.60. The number of ether oxygens (including phenoxy) is 1. The van der Waals surface area contributed by atoms with E-state index in [4.69, 9.17) is 15.4 Å². The van der Waals surface area contributed by atoms with Crippen LogP contribution in [0.15, 0.2) is 0 Å². The molecule has 0 amide bonds. The molecule has 1 fully saturated rings. The molecule has 0 saturated carbocycles. The Morgan fingerprint density at radius 1 is 1.50 bits per heavy atom. The van der Waals surface area contributed by atoms with Gasteiger partial charge in [-0.3, -0.25) is 0 Å². The van der Waals surface area contributed by atoms with Crippen molar-refractivity contribution in [3.8, 4) is 0 Å². The monoisotopic (exact) mass is 213 g/mol. The molecular weight excluding hydrogens is 202 g/mol. The molecule has 2 atom stereocenters. The molecule has 0 aliphatic carbocycles. The fourth-order valence-electron chi connectivity index (χ4n) is 1.18. The third-order valence-electron chi connectivity index (χ3n) is 1.83. The van der Waals surface area contributed by atoms with Crippen molar-refractivity contribution in [3.63, 3.8) is 0 Å². The van der Waals surface area contributed by atoms with Crippen LogP contribution in [0.4, 0.5) is 0 Å². The van der Waals surface area contributed by atoms with E-state index < -0.39 is 9.24 Å². The highest BCUT2D eigenvalue weighted by molar-refractivity contribution is 8.11. The van der Waals surface area contributed by atoms with Gasteiger partial charge in [0, 0.05) is 23.3 Å². The number of halogens is 1. The molecule has 0 bridgehead atoms. The van der Waals surface area contributed by atoms with Crippen molar-refractivity contribution in [2.75, 3.05) is 13.2 Å². The van der Waals surface area contributed by atoms with Gasteiger partial charge in [-0.1, -0.05) is 0 Å². The summed E-state index contributed by atoms with van der Waals surface area (Å²) in [6.45, 7) is 4.34. The van der Waals surface area contributed by atoms with Crippen molar-refractivity contribution in [2.45, 2.75) is 26.0 Å². The number of rotatable bonds is 1. The lowest BCUT2D eigenvalue weighted by molar-refractivity contribution is -0.0162. The fourth-order valence-corrected chi connectivity index (χ4v) is 2.63. The molecule has 0 aromatic rings. The highest BCUT2D eigenvalue weighted by Crippen LogP contribution is 2.17. The minimum atomic E-state index is -3.58. The first-order valence-electron chi connectivity index (χ1n) is 3.74. The van der Waals surface area contributed by atoms with Gasteiger partial charge in [-0.15, -0.1) is 0 Å². The molecule has 1 saturated heterocycles. The molecule has 1 aliphatic rings. The summed E-state index contributed by atoms with van der Waals surface area (Å²) in [5, 5.41) is 0. The number of nitrogens with zero attached hydrogens (tertiary/aromatic N) is 1. The summed E-state index contributed by atoms with van der Waals surface area (Å²) in [5.74, 6) is 0.